The van der Waals surface area contributed by atoms with E-state index >= 15 is 0 Å². The normalized spacial score (nSPS) is 8.80. The maximum atomic E-state index is 7.17. The second-order valence-corrected chi connectivity index (χ2v) is 2.75. The predicted molar refractivity (Wildman–Crippen MR) is 39.3 cm³/mol. The number of ether oxygens (including phenoxy) is 1. The summed E-state index contributed by atoms with van der Waals surface area (Å²) in [7, 11) is -2.17. The molecule has 4 nitrogen and oxygen atoms in total. The van der Waals surface area contributed by atoms with Gasteiger partial charge in [0.2, 0.25) is 0 Å². The molecule has 0 fully saturated rings. The first-order valence-corrected chi connectivity index (χ1v) is 5.37. The van der Waals surface area contributed by atoms with E-state index in [2.05, 4.69) is 13.8 Å². The van der Waals surface area contributed by atoms with Crippen LogP contribution in [0.25, 0.3) is 0 Å². The van der Waals surface area contributed by atoms with Gasteiger partial charge in [-0.2, -0.15) is 0 Å². The van der Waals surface area contributed by atoms with E-state index in [-0.39, 0.29) is 0 Å². The molecule has 3 N–H and O–H groups in total. The largest absolute Gasteiger partial charge is 0.631 e. The zero-order valence-electron chi connectivity index (χ0n) is 6.61. The Morgan fingerprint density at radius 1 is 1.40 bits per heavy atom. The summed E-state index contributed by atoms with van der Waals surface area (Å²) in [5.74, 6) is 0. The Bertz CT molecular complexity index is 58.5. The first-order valence-electron chi connectivity index (χ1n) is 3.16. The molecule has 0 aliphatic heterocycles. The number of rotatable bonds is 2. The van der Waals surface area contributed by atoms with Crippen molar-refractivity contribution >= 4 is 56.3 Å². The molecule has 0 unspecified atom stereocenters. The summed E-state index contributed by atoms with van der Waals surface area (Å²) < 4.78 is 6.14. The van der Waals surface area contributed by atoms with E-state index in [1.165, 1.54) is 0 Å². The van der Waals surface area contributed by atoms with Gasteiger partial charge in [0.05, 0.1) is 0 Å². The topological polar surface area (TPSA) is 69.9 Å². The molecular weight excluding hydrogens is 162 g/mol. The van der Waals surface area contributed by atoms with Crippen molar-refractivity contribution in [2.24, 2.45) is 0 Å². The molecule has 0 radical (unpaired) electrons. The van der Waals surface area contributed by atoms with Crippen LogP contribution in [0.3, 0.4) is 0 Å². The summed E-state index contributed by atoms with van der Waals surface area (Å²) in [4.78, 5) is 0. The molecular formula is C4H12BKO4. The molecule has 0 heterocycles. The quantitative estimate of drug-likeness (QED) is 0.445. The summed E-state index contributed by atoms with van der Waals surface area (Å²) >= 11 is 0.872. The van der Waals surface area contributed by atoms with Crippen molar-refractivity contribution in [3.63, 3.8) is 0 Å². The van der Waals surface area contributed by atoms with Gasteiger partial charge >= 0.3 is 81.7 Å². The van der Waals surface area contributed by atoms with Crippen molar-refractivity contribution < 1.29 is 19.8 Å². The van der Waals surface area contributed by atoms with Crippen molar-refractivity contribution in [1.29, 1.82) is 0 Å². The monoisotopic (exact) mass is 174 g/mol. The van der Waals surface area contributed by atoms with Gasteiger partial charge in [-0.25, -0.2) is 0 Å². The van der Waals surface area contributed by atoms with Crippen molar-refractivity contribution in [2.75, 3.05) is 0.701 Å². The van der Waals surface area contributed by atoms with Crippen LogP contribution in [0.1, 0.15) is 13.8 Å². The molecule has 0 aromatic heterocycles. The maximum absolute atomic E-state index is 7.17. The van der Waals surface area contributed by atoms with E-state index in [4.69, 9.17) is 19.8 Å². The molecule has 0 bridgehead atoms. The molecule has 0 rings (SSSR count). The van der Waals surface area contributed by atoms with Crippen LogP contribution in [0.15, 0.2) is 0 Å². The van der Waals surface area contributed by atoms with Gasteiger partial charge in [0.1, 0.15) is 0 Å². The van der Waals surface area contributed by atoms with Crippen LogP contribution in [0.4, 0.5) is 0 Å². The smallest absolute Gasteiger partial charge is 0.402 e. The Balaban J connectivity index is 0. The predicted octanol–water partition coefficient (Wildman–Crippen LogP) is -1.51. The minimum absolute atomic E-state index is 0.445. The Hall–Kier alpha value is 1.54. The van der Waals surface area contributed by atoms with E-state index in [0.29, 0.717) is 6.10 Å². The van der Waals surface area contributed by atoms with Crippen LogP contribution >= 0.6 is 0 Å². The van der Waals surface area contributed by atoms with Crippen LogP contribution in [0.2, 0.25) is 0 Å². The molecule has 0 spiro atoms. The summed E-state index contributed by atoms with van der Waals surface area (Å²) in [5, 5.41) is 21.5. The molecule has 0 amide bonds. The molecule has 0 aliphatic rings. The number of hydrogen-bond donors (Lipinski definition) is 3. The number of hydrogen-bond acceptors (Lipinski definition) is 4. The van der Waals surface area contributed by atoms with Gasteiger partial charge in [-0.15, -0.1) is 0 Å². The Labute approximate surface area is 95.3 Å². The van der Waals surface area contributed by atoms with E-state index < -0.39 is 7.32 Å². The second-order valence-electron chi connectivity index (χ2n) is 1.85. The molecule has 0 aliphatic carbocycles. The fraction of sp³-hybridized carbons (Fsp3) is 1.00. The molecule has 0 atom stereocenters. The molecule has 0 aromatic rings. The molecule has 56 valence electrons. The van der Waals surface area contributed by atoms with Gasteiger partial charge in [-0.1, -0.05) is 0 Å². The molecule has 0 saturated heterocycles. The fourth-order valence-electron chi connectivity index (χ4n) is 0.333. The maximum Gasteiger partial charge on any atom is 0.631 e. The zero-order chi connectivity index (χ0) is 8.57. The van der Waals surface area contributed by atoms with Gasteiger partial charge in [-0.05, 0) is 0 Å². The van der Waals surface area contributed by atoms with Crippen molar-refractivity contribution in [3.05, 3.63) is 0 Å². The van der Waals surface area contributed by atoms with Crippen LogP contribution < -0.4 is 0 Å². The van der Waals surface area contributed by atoms with E-state index in [0.717, 1.165) is 49.7 Å². The molecule has 0 aromatic carbocycles. The average Bonchev–Trinajstić information content (AvgIpc) is 1.62. The van der Waals surface area contributed by atoms with Crippen molar-refractivity contribution in [3.8, 4) is 0 Å². The average molecular weight is 174 g/mol. The SMILES string of the molecule is CC(C)O[CH2][K].OB(O)O. The second kappa shape index (κ2) is 10.5. The fourth-order valence-corrected chi connectivity index (χ4v) is 1.37. The van der Waals surface area contributed by atoms with Crippen LogP contribution in [0.5, 0.6) is 0 Å². The van der Waals surface area contributed by atoms with Crippen LogP contribution in [-0.4, -0.2) is 78.2 Å². The Morgan fingerprint density at radius 2 is 1.70 bits per heavy atom. The summed E-state index contributed by atoms with van der Waals surface area (Å²) in [6.07, 6.45) is 0.445. The first-order chi connectivity index (χ1) is 4.50. The van der Waals surface area contributed by atoms with Crippen LogP contribution in [-0.2, 0) is 4.74 Å². The van der Waals surface area contributed by atoms with Gasteiger partial charge in [0, 0.05) is 0 Å². The van der Waals surface area contributed by atoms with Gasteiger partial charge in [0.25, 0.3) is 0 Å². The Morgan fingerprint density at radius 3 is 1.70 bits per heavy atom. The van der Waals surface area contributed by atoms with Crippen molar-refractivity contribution in [1.82, 2.24) is 0 Å². The third-order valence-corrected chi connectivity index (χ3v) is 1.02. The molecule has 6 heteroatoms. The van der Waals surface area contributed by atoms with Crippen LogP contribution in [0, 0.1) is 0 Å². The molecule has 0 saturated carbocycles. The van der Waals surface area contributed by atoms with E-state index in [1.54, 1.807) is 0 Å². The molecule has 10 heavy (non-hydrogen) atoms. The third-order valence-electron chi connectivity index (χ3n) is 0.500. The first kappa shape index (κ1) is 14.1. The minimum atomic E-state index is -2.17. The summed E-state index contributed by atoms with van der Waals surface area (Å²) in [6, 6.07) is 0. The summed E-state index contributed by atoms with van der Waals surface area (Å²) in [6.45, 7) is 4.12. The van der Waals surface area contributed by atoms with E-state index in [1.807, 2.05) is 0 Å². The third kappa shape index (κ3) is 33.8. The summed E-state index contributed by atoms with van der Waals surface area (Å²) in [5.41, 5.74) is 0. The Kier molecular flexibility index (Phi) is 14.8. The standard InChI is InChI=1S/C4H9O.BH3O3.K/c1-4(2)5-3;2-1(3)4;/h4H,3H2,1-2H3;2-4H;. The van der Waals surface area contributed by atoms with E-state index in [9.17, 15) is 0 Å². The van der Waals surface area contributed by atoms with Crippen molar-refractivity contribution in [2.45, 2.75) is 20.0 Å². The van der Waals surface area contributed by atoms with Gasteiger partial charge < -0.3 is 15.1 Å². The van der Waals surface area contributed by atoms with Gasteiger partial charge in [0.15, 0.2) is 0 Å². The minimum Gasteiger partial charge on any atom is -0.402 e. The van der Waals surface area contributed by atoms with Gasteiger partial charge in [-0.3, -0.25) is 0 Å². The zero-order valence-corrected chi connectivity index (χ0v) is 9.73.